The largest absolute Gasteiger partial charge is 0.324 e. The summed E-state index contributed by atoms with van der Waals surface area (Å²) in [6.07, 6.45) is 5.10. The van der Waals surface area contributed by atoms with Gasteiger partial charge in [-0.2, -0.15) is 0 Å². The molecule has 5 heteroatoms. The van der Waals surface area contributed by atoms with Gasteiger partial charge in [0.25, 0.3) is 0 Å². The maximum atomic E-state index is 12.9. The van der Waals surface area contributed by atoms with Crippen LogP contribution < -0.4 is 5.73 Å². The van der Waals surface area contributed by atoms with Crippen molar-refractivity contribution in [1.82, 2.24) is 9.97 Å². The van der Waals surface area contributed by atoms with Gasteiger partial charge in [0.1, 0.15) is 5.82 Å². The van der Waals surface area contributed by atoms with Crippen molar-refractivity contribution in [3.63, 3.8) is 0 Å². The molecular weight excluding hydrogens is 213 g/mol. The van der Waals surface area contributed by atoms with E-state index in [1.807, 2.05) is 5.38 Å². The van der Waals surface area contributed by atoms with E-state index in [0.29, 0.717) is 12.0 Å². The third kappa shape index (κ3) is 2.57. The summed E-state index contributed by atoms with van der Waals surface area (Å²) in [6.45, 7) is 0. The quantitative estimate of drug-likeness (QED) is 0.864. The second-order valence-corrected chi connectivity index (χ2v) is 4.15. The third-order valence-electron chi connectivity index (χ3n) is 2.03. The summed E-state index contributed by atoms with van der Waals surface area (Å²) in [5.41, 5.74) is 6.61. The van der Waals surface area contributed by atoms with E-state index in [9.17, 15) is 4.39 Å². The van der Waals surface area contributed by atoms with Crippen LogP contribution in [0.25, 0.3) is 0 Å². The Kier molecular flexibility index (Phi) is 3.03. The molecule has 1 unspecified atom stereocenters. The number of hydrogen-bond donors (Lipinski definition) is 1. The molecule has 3 nitrogen and oxygen atoms in total. The van der Waals surface area contributed by atoms with Gasteiger partial charge in [0.15, 0.2) is 0 Å². The standard InChI is InChI=1S/C10H10FN3S/c11-8-3-7(5-13-6-8)9(12)4-10-14-1-2-15-10/h1-3,5-6,9H,4,12H2. The van der Waals surface area contributed by atoms with E-state index in [0.717, 1.165) is 5.01 Å². The maximum absolute atomic E-state index is 12.9. The number of thiazole rings is 1. The summed E-state index contributed by atoms with van der Waals surface area (Å²) in [5, 5.41) is 2.85. The van der Waals surface area contributed by atoms with Crippen molar-refractivity contribution in [2.75, 3.05) is 0 Å². The third-order valence-corrected chi connectivity index (χ3v) is 2.83. The Morgan fingerprint density at radius 2 is 2.33 bits per heavy atom. The van der Waals surface area contributed by atoms with E-state index >= 15 is 0 Å². The normalized spacial score (nSPS) is 12.7. The zero-order valence-electron chi connectivity index (χ0n) is 7.93. The number of rotatable bonds is 3. The van der Waals surface area contributed by atoms with Crippen molar-refractivity contribution < 1.29 is 4.39 Å². The monoisotopic (exact) mass is 223 g/mol. The van der Waals surface area contributed by atoms with E-state index in [-0.39, 0.29) is 11.9 Å². The van der Waals surface area contributed by atoms with Gasteiger partial charge in [-0.15, -0.1) is 11.3 Å². The van der Waals surface area contributed by atoms with Gasteiger partial charge in [-0.3, -0.25) is 4.98 Å². The zero-order valence-corrected chi connectivity index (χ0v) is 8.75. The smallest absolute Gasteiger partial charge is 0.141 e. The van der Waals surface area contributed by atoms with Gasteiger partial charge in [-0.1, -0.05) is 0 Å². The van der Waals surface area contributed by atoms with Crippen LogP contribution in [0.5, 0.6) is 0 Å². The van der Waals surface area contributed by atoms with Crippen LogP contribution in [0.4, 0.5) is 4.39 Å². The lowest BCUT2D eigenvalue weighted by Crippen LogP contribution is -2.13. The minimum atomic E-state index is -0.359. The molecule has 0 fully saturated rings. The molecule has 0 saturated carbocycles. The summed E-state index contributed by atoms with van der Waals surface area (Å²) >= 11 is 1.54. The van der Waals surface area contributed by atoms with Crippen molar-refractivity contribution in [3.05, 3.63) is 46.4 Å². The Morgan fingerprint density at radius 3 is 3.00 bits per heavy atom. The fourth-order valence-electron chi connectivity index (χ4n) is 1.29. The molecule has 15 heavy (non-hydrogen) atoms. The highest BCUT2D eigenvalue weighted by atomic mass is 32.1. The molecule has 0 saturated heterocycles. The minimum absolute atomic E-state index is 0.251. The number of pyridine rings is 1. The second-order valence-electron chi connectivity index (χ2n) is 3.17. The average Bonchev–Trinajstić information content (AvgIpc) is 2.70. The average molecular weight is 223 g/mol. The van der Waals surface area contributed by atoms with Crippen LogP contribution in [0.1, 0.15) is 16.6 Å². The van der Waals surface area contributed by atoms with Crippen LogP contribution in [-0.2, 0) is 6.42 Å². The number of halogens is 1. The van der Waals surface area contributed by atoms with E-state index in [1.165, 1.54) is 12.3 Å². The lowest BCUT2D eigenvalue weighted by molar-refractivity contribution is 0.610. The highest BCUT2D eigenvalue weighted by Gasteiger charge is 2.09. The van der Waals surface area contributed by atoms with Gasteiger partial charge in [-0.05, 0) is 11.6 Å². The van der Waals surface area contributed by atoms with Gasteiger partial charge in [0.2, 0.25) is 0 Å². The molecule has 0 aliphatic heterocycles. The van der Waals surface area contributed by atoms with Crippen molar-refractivity contribution in [2.24, 2.45) is 5.73 Å². The van der Waals surface area contributed by atoms with Gasteiger partial charge in [0, 0.05) is 30.2 Å². The van der Waals surface area contributed by atoms with E-state index < -0.39 is 0 Å². The highest BCUT2D eigenvalue weighted by molar-refractivity contribution is 7.09. The molecule has 0 aliphatic rings. The Bertz CT molecular complexity index is 430. The fraction of sp³-hybridized carbons (Fsp3) is 0.200. The minimum Gasteiger partial charge on any atom is -0.324 e. The zero-order chi connectivity index (χ0) is 10.7. The molecular formula is C10H10FN3S. The van der Waals surface area contributed by atoms with E-state index in [1.54, 1.807) is 23.7 Å². The van der Waals surface area contributed by atoms with Crippen LogP contribution in [-0.4, -0.2) is 9.97 Å². The predicted octanol–water partition coefficient (Wildman–Crippen LogP) is 1.92. The SMILES string of the molecule is NC(Cc1nccs1)c1cncc(F)c1. The molecule has 2 aromatic rings. The molecule has 0 spiro atoms. The molecule has 0 aromatic carbocycles. The Morgan fingerprint density at radius 1 is 1.47 bits per heavy atom. The highest BCUT2D eigenvalue weighted by Crippen LogP contribution is 2.17. The number of nitrogens with zero attached hydrogens (tertiary/aromatic N) is 2. The van der Waals surface area contributed by atoms with Crippen molar-refractivity contribution in [2.45, 2.75) is 12.5 Å². The van der Waals surface area contributed by atoms with Crippen LogP contribution >= 0.6 is 11.3 Å². The molecule has 1 atom stereocenters. The number of hydrogen-bond acceptors (Lipinski definition) is 4. The van der Waals surface area contributed by atoms with Crippen LogP contribution in [0, 0.1) is 5.82 Å². The van der Waals surface area contributed by atoms with Crippen LogP contribution in [0.15, 0.2) is 30.0 Å². The maximum Gasteiger partial charge on any atom is 0.141 e. The molecule has 0 bridgehead atoms. The summed E-state index contributed by atoms with van der Waals surface area (Å²) in [4.78, 5) is 7.89. The molecule has 0 aliphatic carbocycles. The Hall–Kier alpha value is -1.33. The van der Waals surface area contributed by atoms with Crippen molar-refractivity contribution >= 4 is 11.3 Å². The first-order valence-electron chi connectivity index (χ1n) is 4.50. The predicted molar refractivity (Wildman–Crippen MR) is 56.9 cm³/mol. The Balaban J connectivity index is 2.11. The first-order valence-corrected chi connectivity index (χ1v) is 5.38. The molecule has 2 N–H and O–H groups in total. The van der Waals surface area contributed by atoms with Gasteiger partial charge in [0.05, 0.1) is 11.2 Å². The Labute approximate surface area is 90.8 Å². The van der Waals surface area contributed by atoms with Gasteiger partial charge < -0.3 is 5.73 Å². The summed E-state index contributed by atoms with van der Waals surface area (Å²) < 4.78 is 12.9. The number of aromatic nitrogens is 2. The molecule has 0 amide bonds. The van der Waals surface area contributed by atoms with Gasteiger partial charge in [-0.25, -0.2) is 9.37 Å². The first kappa shape index (κ1) is 10.2. The lowest BCUT2D eigenvalue weighted by atomic mass is 10.1. The van der Waals surface area contributed by atoms with Gasteiger partial charge >= 0.3 is 0 Å². The van der Waals surface area contributed by atoms with Crippen molar-refractivity contribution in [3.8, 4) is 0 Å². The fourth-order valence-corrected chi connectivity index (χ4v) is 1.97. The topological polar surface area (TPSA) is 51.8 Å². The molecule has 2 aromatic heterocycles. The first-order chi connectivity index (χ1) is 7.25. The number of nitrogens with two attached hydrogens (primary N) is 1. The molecule has 78 valence electrons. The van der Waals surface area contributed by atoms with Crippen molar-refractivity contribution in [1.29, 1.82) is 0 Å². The van der Waals surface area contributed by atoms with E-state index in [2.05, 4.69) is 9.97 Å². The van der Waals surface area contributed by atoms with Crippen LogP contribution in [0.2, 0.25) is 0 Å². The van der Waals surface area contributed by atoms with E-state index in [4.69, 9.17) is 5.73 Å². The molecule has 2 rings (SSSR count). The summed E-state index contributed by atoms with van der Waals surface area (Å²) in [6, 6.07) is 1.16. The van der Waals surface area contributed by atoms with Crippen LogP contribution in [0.3, 0.4) is 0 Å². The molecule has 0 radical (unpaired) electrons. The summed E-state index contributed by atoms with van der Waals surface area (Å²) in [7, 11) is 0. The second kappa shape index (κ2) is 4.46. The lowest BCUT2D eigenvalue weighted by Gasteiger charge is -2.09. The molecule has 2 heterocycles. The summed E-state index contributed by atoms with van der Waals surface area (Å²) in [5.74, 6) is -0.359.